The van der Waals surface area contributed by atoms with Crippen molar-refractivity contribution in [1.82, 2.24) is 5.32 Å². The quantitative estimate of drug-likeness (QED) is 0.793. The summed E-state index contributed by atoms with van der Waals surface area (Å²) in [5.41, 5.74) is 8.09. The second-order valence-corrected chi connectivity index (χ2v) is 5.75. The second-order valence-electron chi connectivity index (χ2n) is 5.75. The molecule has 0 aromatic heterocycles. The van der Waals surface area contributed by atoms with Gasteiger partial charge < -0.3 is 11.1 Å². The number of benzene rings is 1. The van der Waals surface area contributed by atoms with Gasteiger partial charge >= 0.3 is 0 Å². The molecule has 1 unspecified atom stereocenters. The molecule has 0 radical (unpaired) electrons. The fourth-order valence-electron chi connectivity index (χ4n) is 2.05. The number of nitrogens with one attached hydrogen (secondary N) is 1. The number of rotatable bonds is 2. The van der Waals surface area contributed by atoms with Crippen molar-refractivity contribution < 1.29 is 4.79 Å². The Balaban J connectivity index is 2.16. The van der Waals surface area contributed by atoms with Gasteiger partial charge in [0.25, 0.3) is 5.91 Å². The Kier molecular flexibility index (Phi) is 3.64. The first-order valence-electron chi connectivity index (χ1n) is 6.54. The number of amides is 1. The molecule has 0 heterocycles. The molecule has 1 aromatic rings. The van der Waals surface area contributed by atoms with Crippen LogP contribution < -0.4 is 11.1 Å². The minimum atomic E-state index is -0.00975. The van der Waals surface area contributed by atoms with Crippen molar-refractivity contribution in [2.45, 2.75) is 33.2 Å². The molecule has 3 N–H and O–H groups in total. The molecule has 0 spiro atoms. The SMILES string of the molecule is Cc1ccc(C#CCN)cc1C(=O)NC1CC1(C)C. The van der Waals surface area contributed by atoms with Crippen molar-refractivity contribution in [1.29, 1.82) is 0 Å². The van der Waals surface area contributed by atoms with Crippen LogP contribution in [0.3, 0.4) is 0 Å². The van der Waals surface area contributed by atoms with Crippen LogP contribution in [0.1, 0.15) is 41.8 Å². The Morgan fingerprint density at radius 3 is 2.79 bits per heavy atom. The van der Waals surface area contributed by atoms with Crippen LogP contribution in [0.5, 0.6) is 0 Å². The lowest BCUT2D eigenvalue weighted by Gasteiger charge is -2.09. The first-order valence-corrected chi connectivity index (χ1v) is 6.54. The van der Waals surface area contributed by atoms with Crippen molar-refractivity contribution >= 4 is 5.91 Å². The summed E-state index contributed by atoms with van der Waals surface area (Å²) in [5.74, 6) is 5.75. The van der Waals surface area contributed by atoms with E-state index in [-0.39, 0.29) is 17.4 Å². The van der Waals surface area contributed by atoms with E-state index >= 15 is 0 Å². The molecular formula is C16H20N2O. The largest absolute Gasteiger partial charge is 0.349 e. The zero-order valence-corrected chi connectivity index (χ0v) is 11.7. The summed E-state index contributed by atoms with van der Waals surface area (Å²) >= 11 is 0. The number of nitrogens with two attached hydrogens (primary N) is 1. The average Bonchev–Trinajstić information content (AvgIpc) is 2.95. The van der Waals surface area contributed by atoms with E-state index in [0.717, 1.165) is 17.5 Å². The number of hydrogen-bond donors (Lipinski definition) is 2. The summed E-state index contributed by atoms with van der Waals surface area (Å²) in [4.78, 5) is 12.2. The highest BCUT2D eigenvalue weighted by molar-refractivity contribution is 5.96. The van der Waals surface area contributed by atoms with Gasteiger partial charge in [-0.15, -0.1) is 0 Å². The third-order valence-electron chi connectivity index (χ3n) is 3.64. The maximum Gasteiger partial charge on any atom is 0.251 e. The van der Waals surface area contributed by atoms with Gasteiger partial charge in [0, 0.05) is 17.2 Å². The summed E-state index contributed by atoms with van der Waals surface area (Å²) in [6.07, 6.45) is 1.05. The molecule has 19 heavy (non-hydrogen) atoms. The van der Waals surface area contributed by atoms with Crippen LogP contribution in [-0.2, 0) is 0 Å². The Bertz CT molecular complexity index is 564. The smallest absolute Gasteiger partial charge is 0.251 e. The summed E-state index contributed by atoms with van der Waals surface area (Å²) in [6, 6.07) is 5.96. The number of carbonyl (C=O) groups is 1. The fraction of sp³-hybridized carbons (Fsp3) is 0.438. The third kappa shape index (κ3) is 3.15. The van der Waals surface area contributed by atoms with Crippen molar-refractivity contribution in [2.75, 3.05) is 6.54 Å². The molecule has 3 heteroatoms. The van der Waals surface area contributed by atoms with Crippen LogP contribution in [-0.4, -0.2) is 18.5 Å². The number of aryl methyl sites for hydroxylation is 1. The van der Waals surface area contributed by atoms with Gasteiger partial charge in [-0.25, -0.2) is 0 Å². The molecule has 100 valence electrons. The van der Waals surface area contributed by atoms with Crippen LogP contribution in [0.4, 0.5) is 0 Å². The van der Waals surface area contributed by atoms with Crippen molar-refractivity contribution in [3.05, 3.63) is 34.9 Å². The summed E-state index contributed by atoms with van der Waals surface area (Å²) < 4.78 is 0. The van der Waals surface area contributed by atoms with Gasteiger partial charge in [-0.1, -0.05) is 31.8 Å². The highest BCUT2D eigenvalue weighted by Crippen LogP contribution is 2.44. The van der Waals surface area contributed by atoms with E-state index < -0.39 is 0 Å². The molecule has 3 nitrogen and oxygen atoms in total. The maximum atomic E-state index is 12.2. The minimum absolute atomic E-state index is 0.00975. The Morgan fingerprint density at radius 2 is 2.21 bits per heavy atom. The van der Waals surface area contributed by atoms with Gasteiger partial charge in [-0.2, -0.15) is 0 Å². The van der Waals surface area contributed by atoms with Gasteiger partial charge in [-0.3, -0.25) is 4.79 Å². The van der Waals surface area contributed by atoms with Crippen molar-refractivity contribution in [3.8, 4) is 11.8 Å². The van der Waals surface area contributed by atoms with Crippen LogP contribution in [0.2, 0.25) is 0 Å². The van der Waals surface area contributed by atoms with Gasteiger partial charge in [0.15, 0.2) is 0 Å². The molecule has 1 fully saturated rings. The van der Waals surface area contributed by atoms with Gasteiger partial charge in [0.2, 0.25) is 0 Å². The highest BCUT2D eigenvalue weighted by atomic mass is 16.1. The summed E-state index contributed by atoms with van der Waals surface area (Å²) in [7, 11) is 0. The predicted molar refractivity (Wildman–Crippen MR) is 76.8 cm³/mol. The van der Waals surface area contributed by atoms with Crippen molar-refractivity contribution in [2.24, 2.45) is 11.1 Å². The zero-order chi connectivity index (χ0) is 14.0. The monoisotopic (exact) mass is 256 g/mol. The maximum absolute atomic E-state index is 12.2. The van der Waals surface area contributed by atoms with E-state index in [1.54, 1.807) is 0 Å². The number of carbonyl (C=O) groups excluding carboxylic acids is 1. The predicted octanol–water partition coefficient (Wildman–Crippen LogP) is 1.83. The van der Waals surface area contributed by atoms with Gasteiger partial charge in [0.1, 0.15) is 0 Å². The average molecular weight is 256 g/mol. The lowest BCUT2D eigenvalue weighted by atomic mass is 10.0. The van der Waals surface area contributed by atoms with E-state index in [1.807, 2.05) is 25.1 Å². The van der Waals surface area contributed by atoms with E-state index in [9.17, 15) is 4.79 Å². The lowest BCUT2D eigenvalue weighted by Crippen LogP contribution is -2.29. The van der Waals surface area contributed by atoms with E-state index in [4.69, 9.17) is 5.73 Å². The van der Waals surface area contributed by atoms with E-state index in [2.05, 4.69) is 31.0 Å². The molecule has 1 amide bonds. The zero-order valence-electron chi connectivity index (χ0n) is 11.7. The standard InChI is InChI=1S/C16H20N2O/c1-11-6-7-12(5-4-8-17)9-13(11)15(19)18-14-10-16(14,2)3/h6-7,9,14H,8,10,17H2,1-3H3,(H,18,19). The molecule has 0 saturated heterocycles. The molecule has 0 bridgehead atoms. The van der Waals surface area contributed by atoms with Crippen molar-refractivity contribution in [3.63, 3.8) is 0 Å². The normalized spacial score (nSPS) is 19.3. The van der Waals surface area contributed by atoms with E-state index in [1.165, 1.54) is 0 Å². The molecule has 1 atom stereocenters. The van der Waals surface area contributed by atoms with E-state index in [0.29, 0.717) is 12.1 Å². The first-order chi connectivity index (χ1) is 8.94. The molecule has 1 aliphatic carbocycles. The Hall–Kier alpha value is -1.79. The van der Waals surface area contributed by atoms with Crippen LogP contribution in [0.15, 0.2) is 18.2 Å². The molecule has 2 rings (SSSR count). The molecule has 1 saturated carbocycles. The molecule has 0 aliphatic heterocycles. The molecule has 1 aliphatic rings. The van der Waals surface area contributed by atoms with Gasteiger partial charge in [-0.05, 0) is 36.5 Å². The van der Waals surface area contributed by atoms with Crippen LogP contribution >= 0.6 is 0 Å². The summed E-state index contributed by atoms with van der Waals surface area (Å²) in [6.45, 7) is 6.58. The third-order valence-corrected chi connectivity index (χ3v) is 3.64. The molecule has 1 aromatic carbocycles. The van der Waals surface area contributed by atoms with Crippen LogP contribution in [0.25, 0.3) is 0 Å². The fourth-order valence-corrected chi connectivity index (χ4v) is 2.05. The Morgan fingerprint density at radius 1 is 1.53 bits per heavy atom. The second kappa shape index (κ2) is 5.07. The minimum Gasteiger partial charge on any atom is -0.349 e. The van der Waals surface area contributed by atoms with Crippen LogP contribution in [0, 0.1) is 24.2 Å². The summed E-state index contributed by atoms with van der Waals surface area (Å²) in [5, 5.41) is 3.07. The lowest BCUT2D eigenvalue weighted by molar-refractivity contribution is 0.0945. The highest BCUT2D eigenvalue weighted by Gasteiger charge is 2.46. The first kappa shape index (κ1) is 13.6. The molecular weight excluding hydrogens is 236 g/mol. The number of hydrogen-bond acceptors (Lipinski definition) is 2. The topological polar surface area (TPSA) is 55.1 Å². The Labute approximate surface area is 114 Å². The van der Waals surface area contributed by atoms with Gasteiger partial charge in [0.05, 0.1) is 6.54 Å².